The summed E-state index contributed by atoms with van der Waals surface area (Å²) in [6.45, 7) is 8.46. The molecule has 2 aliphatic heterocycles. The van der Waals surface area contributed by atoms with Crippen molar-refractivity contribution in [1.82, 2.24) is 9.80 Å². The fourth-order valence-corrected chi connectivity index (χ4v) is 3.63. The summed E-state index contributed by atoms with van der Waals surface area (Å²) in [6.07, 6.45) is 1.36. The molecule has 2 aromatic rings. The lowest BCUT2D eigenvalue weighted by molar-refractivity contribution is -0.0125. The van der Waals surface area contributed by atoms with E-state index in [4.69, 9.17) is 13.9 Å². The third-order valence-electron chi connectivity index (χ3n) is 4.86. The molecule has 0 bridgehead atoms. The zero-order valence-corrected chi connectivity index (χ0v) is 14.2. The van der Waals surface area contributed by atoms with Crippen LogP contribution in [0.2, 0.25) is 0 Å². The van der Waals surface area contributed by atoms with E-state index >= 15 is 0 Å². The molecule has 1 atom stereocenters. The highest BCUT2D eigenvalue weighted by Crippen LogP contribution is 2.21. The standard InChI is InChI=1S/C19H26N2O3/c1-2-5-19-16(4-1)12-17(24-19)13-21-6-3-9-23-18(15-21)14-20-7-10-22-11-8-20/h1-2,4-5,12,18H,3,6-11,13-15H2/t18-/m1/s1. The minimum Gasteiger partial charge on any atom is -0.460 e. The van der Waals surface area contributed by atoms with Crippen LogP contribution in [0, 0.1) is 0 Å². The van der Waals surface area contributed by atoms with Gasteiger partial charge in [0.15, 0.2) is 0 Å². The summed E-state index contributed by atoms with van der Waals surface area (Å²) in [6, 6.07) is 10.4. The monoisotopic (exact) mass is 330 g/mol. The molecule has 4 rings (SSSR count). The normalized spacial score (nSPS) is 24.2. The van der Waals surface area contributed by atoms with Crippen molar-refractivity contribution in [3.63, 3.8) is 0 Å². The van der Waals surface area contributed by atoms with Gasteiger partial charge >= 0.3 is 0 Å². The van der Waals surface area contributed by atoms with E-state index in [1.165, 1.54) is 5.39 Å². The van der Waals surface area contributed by atoms with Crippen molar-refractivity contribution < 1.29 is 13.9 Å². The van der Waals surface area contributed by atoms with Crippen LogP contribution in [0.1, 0.15) is 12.2 Å². The molecule has 2 saturated heterocycles. The van der Waals surface area contributed by atoms with Gasteiger partial charge in [0.2, 0.25) is 0 Å². The molecule has 0 saturated carbocycles. The molecule has 2 fully saturated rings. The Morgan fingerprint density at radius 1 is 1.00 bits per heavy atom. The molecule has 2 aliphatic rings. The highest BCUT2D eigenvalue weighted by atomic mass is 16.5. The Morgan fingerprint density at radius 2 is 1.88 bits per heavy atom. The van der Waals surface area contributed by atoms with Gasteiger partial charge in [-0.2, -0.15) is 0 Å². The Hall–Kier alpha value is -1.40. The summed E-state index contributed by atoms with van der Waals surface area (Å²) in [4.78, 5) is 4.93. The first-order chi connectivity index (χ1) is 11.9. The predicted octanol–water partition coefficient (Wildman–Crippen LogP) is 2.36. The van der Waals surface area contributed by atoms with E-state index in [9.17, 15) is 0 Å². The zero-order valence-electron chi connectivity index (χ0n) is 14.2. The van der Waals surface area contributed by atoms with Gasteiger partial charge < -0.3 is 13.9 Å². The first-order valence-corrected chi connectivity index (χ1v) is 8.98. The highest BCUT2D eigenvalue weighted by molar-refractivity contribution is 5.77. The van der Waals surface area contributed by atoms with Crippen LogP contribution < -0.4 is 0 Å². The van der Waals surface area contributed by atoms with Crippen LogP contribution in [0.3, 0.4) is 0 Å². The molecule has 0 unspecified atom stereocenters. The summed E-state index contributed by atoms with van der Waals surface area (Å²) in [7, 11) is 0. The van der Waals surface area contributed by atoms with Crippen molar-refractivity contribution in [2.24, 2.45) is 0 Å². The second-order valence-corrected chi connectivity index (χ2v) is 6.74. The van der Waals surface area contributed by atoms with Gasteiger partial charge in [-0.3, -0.25) is 9.80 Å². The van der Waals surface area contributed by atoms with E-state index in [1.807, 2.05) is 12.1 Å². The first kappa shape index (κ1) is 16.1. The number of benzene rings is 1. The molecule has 24 heavy (non-hydrogen) atoms. The number of fused-ring (bicyclic) bond motifs is 1. The predicted molar refractivity (Wildman–Crippen MR) is 93.1 cm³/mol. The zero-order chi connectivity index (χ0) is 16.2. The van der Waals surface area contributed by atoms with E-state index < -0.39 is 0 Å². The number of hydrogen-bond donors (Lipinski definition) is 0. The number of hydrogen-bond acceptors (Lipinski definition) is 5. The number of nitrogens with zero attached hydrogens (tertiary/aromatic N) is 2. The molecule has 5 heteroatoms. The van der Waals surface area contributed by atoms with E-state index in [1.54, 1.807) is 0 Å². The van der Waals surface area contributed by atoms with Gasteiger partial charge in [-0.1, -0.05) is 18.2 Å². The molecular weight excluding hydrogens is 304 g/mol. The Bertz CT molecular complexity index is 618. The average Bonchev–Trinajstić information content (AvgIpc) is 2.88. The molecule has 5 nitrogen and oxygen atoms in total. The Morgan fingerprint density at radius 3 is 2.75 bits per heavy atom. The Labute approximate surface area is 143 Å². The van der Waals surface area contributed by atoms with E-state index in [0.29, 0.717) is 0 Å². The van der Waals surface area contributed by atoms with Crippen LogP contribution in [0.5, 0.6) is 0 Å². The minimum absolute atomic E-state index is 0.273. The second-order valence-electron chi connectivity index (χ2n) is 6.74. The average molecular weight is 330 g/mol. The van der Waals surface area contributed by atoms with Crippen molar-refractivity contribution >= 4 is 11.0 Å². The molecule has 1 aromatic heterocycles. The van der Waals surface area contributed by atoms with Crippen molar-refractivity contribution in [3.8, 4) is 0 Å². The summed E-state index contributed by atoms with van der Waals surface area (Å²) >= 11 is 0. The molecular formula is C19H26N2O3. The molecule has 0 N–H and O–H groups in total. The van der Waals surface area contributed by atoms with Crippen LogP contribution in [0.4, 0.5) is 0 Å². The quantitative estimate of drug-likeness (QED) is 0.860. The molecule has 3 heterocycles. The van der Waals surface area contributed by atoms with Crippen molar-refractivity contribution in [1.29, 1.82) is 0 Å². The lowest BCUT2D eigenvalue weighted by atomic mass is 10.2. The minimum atomic E-state index is 0.273. The fourth-order valence-electron chi connectivity index (χ4n) is 3.63. The van der Waals surface area contributed by atoms with Gasteiger partial charge in [0, 0.05) is 44.7 Å². The lowest BCUT2D eigenvalue weighted by Crippen LogP contribution is -2.44. The third-order valence-corrected chi connectivity index (χ3v) is 4.86. The molecule has 0 amide bonds. The summed E-state index contributed by atoms with van der Waals surface area (Å²) < 4.78 is 17.5. The number of furan rings is 1. The largest absolute Gasteiger partial charge is 0.460 e. The van der Waals surface area contributed by atoms with Crippen LogP contribution in [0.15, 0.2) is 34.7 Å². The van der Waals surface area contributed by atoms with Crippen LogP contribution in [0.25, 0.3) is 11.0 Å². The first-order valence-electron chi connectivity index (χ1n) is 8.98. The molecule has 0 spiro atoms. The fraction of sp³-hybridized carbons (Fsp3) is 0.579. The topological polar surface area (TPSA) is 38.1 Å². The van der Waals surface area contributed by atoms with Gasteiger partial charge in [0.25, 0.3) is 0 Å². The Kier molecular flexibility index (Phi) is 5.13. The van der Waals surface area contributed by atoms with Gasteiger partial charge in [-0.25, -0.2) is 0 Å². The summed E-state index contributed by atoms with van der Waals surface area (Å²) in [5, 5.41) is 1.18. The van der Waals surface area contributed by atoms with Gasteiger partial charge in [-0.15, -0.1) is 0 Å². The number of rotatable bonds is 4. The van der Waals surface area contributed by atoms with Gasteiger partial charge in [0.1, 0.15) is 11.3 Å². The maximum atomic E-state index is 6.08. The van der Waals surface area contributed by atoms with Crippen molar-refractivity contribution in [3.05, 3.63) is 36.1 Å². The van der Waals surface area contributed by atoms with Crippen LogP contribution in [-0.4, -0.2) is 68.4 Å². The van der Waals surface area contributed by atoms with E-state index in [2.05, 4.69) is 28.0 Å². The van der Waals surface area contributed by atoms with E-state index in [-0.39, 0.29) is 6.10 Å². The number of morpholine rings is 1. The highest BCUT2D eigenvalue weighted by Gasteiger charge is 2.23. The molecule has 0 radical (unpaired) electrons. The molecule has 0 aliphatic carbocycles. The van der Waals surface area contributed by atoms with Crippen molar-refractivity contribution in [2.45, 2.75) is 19.1 Å². The maximum Gasteiger partial charge on any atom is 0.134 e. The SMILES string of the molecule is c1ccc2oc(CN3CCCO[C@H](CN4CCOCC4)C3)cc2c1. The summed E-state index contributed by atoms with van der Waals surface area (Å²) in [5.74, 6) is 1.04. The molecule has 130 valence electrons. The van der Waals surface area contributed by atoms with Crippen LogP contribution >= 0.6 is 0 Å². The van der Waals surface area contributed by atoms with Crippen LogP contribution in [-0.2, 0) is 16.0 Å². The third kappa shape index (κ3) is 3.98. The number of ether oxygens (including phenoxy) is 2. The Balaban J connectivity index is 1.38. The maximum absolute atomic E-state index is 6.08. The number of para-hydroxylation sites is 1. The lowest BCUT2D eigenvalue weighted by Gasteiger charge is -2.31. The van der Waals surface area contributed by atoms with Gasteiger partial charge in [0.05, 0.1) is 25.9 Å². The van der Waals surface area contributed by atoms with Crippen molar-refractivity contribution in [2.75, 3.05) is 52.5 Å². The smallest absolute Gasteiger partial charge is 0.134 e. The second kappa shape index (κ2) is 7.66. The van der Waals surface area contributed by atoms with E-state index in [0.717, 1.165) is 76.9 Å². The van der Waals surface area contributed by atoms with Gasteiger partial charge in [-0.05, 0) is 18.6 Å². The molecule has 1 aromatic carbocycles. The summed E-state index contributed by atoms with van der Waals surface area (Å²) in [5.41, 5.74) is 0.975.